The molecule has 9 nitrogen and oxygen atoms in total. The van der Waals surface area contributed by atoms with Crippen molar-refractivity contribution in [1.82, 2.24) is 9.88 Å². The summed E-state index contributed by atoms with van der Waals surface area (Å²) in [6, 6.07) is 5.78. The molecule has 0 atom stereocenters. The summed E-state index contributed by atoms with van der Waals surface area (Å²) in [5.74, 6) is -0.478. The molecule has 0 bridgehead atoms. The Kier molecular flexibility index (Phi) is 5.33. The van der Waals surface area contributed by atoms with Crippen molar-refractivity contribution in [3.05, 3.63) is 48.3 Å². The van der Waals surface area contributed by atoms with E-state index in [2.05, 4.69) is 9.71 Å². The van der Waals surface area contributed by atoms with Crippen LogP contribution in [-0.2, 0) is 21.5 Å². The molecule has 1 aromatic heterocycles. The SMILES string of the molecule is NS(=O)(=O)Nc1cnccc1CN1C(=O)N(c2ccc(SC(F)(F)F)cc2)C(=O)C12CC2. The van der Waals surface area contributed by atoms with E-state index in [-0.39, 0.29) is 34.6 Å². The zero-order valence-electron chi connectivity index (χ0n) is 16.2. The molecule has 4 rings (SSSR count). The van der Waals surface area contributed by atoms with Gasteiger partial charge in [-0.2, -0.15) is 21.6 Å². The fourth-order valence-corrected chi connectivity index (χ4v) is 4.57. The van der Waals surface area contributed by atoms with Crippen molar-refractivity contribution in [1.29, 1.82) is 0 Å². The van der Waals surface area contributed by atoms with E-state index in [9.17, 15) is 31.2 Å². The number of hydrogen-bond donors (Lipinski definition) is 2. The van der Waals surface area contributed by atoms with Crippen molar-refractivity contribution in [2.45, 2.75) is 35.3 Å². The second kappa shape index (κ2) is 7.64. The number of halogens is 3. The lowest BCUT2D eigenvalue weighted by Gasteiger charge is -2.22. The summed E-state index contributed by atoms with van der Waals surface area (Å²) in [6.07, 6.45) is 3.47. The maximum Gasteiger partial charge on any atom is 0.446 e. The molecular formula is C18H16F3N5O4S2. The first-order chi connectivity index (χ1) is 14.9. The summed E-state index contributed by atoms with van der Waals surface area (Å²) in [5.41, 5.74) is -4.93. The number of nitrogens with zero attached hydrogens (tertiary/aromatic N) is 3. The van der Waals surface area contributed by atoms with Gasteiger partial charge in [0.1, 0.15) is 5.54 Å². The van der Waals surface area contributed by atoms with Crippen LogP contribution in [0.3, 0.4) is 0 Å². The van der Waals surface area contributed by atoms with Crippen molar-refractivity contribution < 1.29 is 31.2 Å². The average Bonchev–Trinajstić information content (AvgIpc) is 3.44. The highest BCUT2D eigenvalue weighted by molar-refractivity contribution is 8.00. The van der Waals surface area contributed by atoms with Crippen molar-refractivity contribution >= 4 is 45.3 Å². The maximum atomic E-state index is 13.2. The zero-order valence-corrected chi connectivity index (χ0v) is 17.8. The predicted molar refractivity (Wildman–Crippen MR) is 110 cm³/mol. The number of carbonyl (C=O) groups excluding carboxylic acids is 2. The number of carbonyl (C=O) groups is 2. The molecular weight excluding hydrogens is 471 g/mol. The number of benzene rings is 1. The lowest BCUT2D eigenvalue weighted by molar-refractivity contribution is -0.120. The van der Waals surface area contributed by atoms with Crippen LogP contribution in [0.4, 0.5) is 29.3 Å². The highest BCUT2D eigenvalue weighted by Crippen LogP contribution is 2.50. The number of pyridine rings is 1. The third kappa shape index (κ3) is 4.38. The van der Waals surface area contributed by atoms with Gasteiger partial charge in [0, 0.05) is 11.1 Å². The average molecular weight is 487 g/mol. The van der Waals surface area contributed by atoms with Gasteiger partial charge in [0.25, 0.3) is 16.1 Å². The van der Waals surface area contributed by atoms with Gasteiger partial charge < -0.3 is 4.90 Å². The summed E-state index contributed by atoms with van der Waals surface area (Å²) >= 11 is -0.297. The molecule has 32 heavy (non-hydrogen) atoms. The molecule has 1 aromatic carbocycles. The number of hydrogen-bond acceptors (Lipinski definition) is 6. The van der Waals surface area contributed by atoms with Crippen molar-refractivity contribution in [3.63, 3.8) is 0 Å². The summed E-state index contributed by atoms with van der Waals surface area (Å²) in [4.78, 5) is 32.2. The van der Waals surface area contributed by atoms with Gasteiger partial charge in [-0.15, -0.1) is 0 Å². The Bertz CT molecular complexity index is 1180. The Morgan fingerprint density at radius 3 is 2.38 bits per heavy atom. The standard InChI is InChI=1S/C18H16F3N5O4S2/c19-18(20,21)31-13-3-1-12(2-4-13)26-15(27)17(6-7-17)25(16(26)28)10-11-5-8-23-9-14(11)24-32(22,29)30/h1-5,8-9,24H,6-7,10H2,(H2,22,29,30). The second-order valence-electron chi connectivity index (χ2n) is 7.26. The molecule has 0 radical (unpaired) electrons. The highest BCUT2D eigenvalue weighted by atomic mass is 32.2. The Hall–Kier alpha value is -2.84. The Morgan fingerprint density at radius 1 is 1.16 bits per heavy atom. The van der Waals surface area contributed by atoms with Crippen LogP contribution in [0.1, 0.15) is 18.4 Å². The van der Waals surface area contributed by atoms with Gasteiger partial charge in [-0.25, -0.2) is 14.8 Å². The number of aromatic nitrogens is 1. The summed E-state index contributed by atoms with van der Waals surface area (Å²) < 4.78 is 62.6. The van der Waals surface area contributed by atoms with E-state index in [1.54, 1.807) is 0 Å². The number of urea groups is 1. The Balaban J connectivity index is 1.61. The number of rotatable bonds is 6. The first kappa shape index (κ1) is 22.4. The first-order valence-electron chi connectivity index (χ1n) is 9.15. The van der Waals surface area contributed by atoms with E-state index in [1.807, 2.05) is 0 Å². The number of anilines is 2. The number of nitrogens with two attached hydrogens (primary N) is 1. The molecule has 2 heterocycles. The van der Waals surface area contributed by atoms with Crippen LogP contribution in [0, 0.1) is 0 Å². The molecule has 1 aliphatic heterocycles. The third-order valence-electron chi connectivity index (χ3n) is 5.08. The van der Waals surface area contributed by atoms with E-state index >= 15 is 0 Å². The quantitative estimate of drug-likeness (QED) is 0.477. The molecule has 2 fully saturated rings. The zero-order chi connectivity index (χ0) is 23.3. The number of imide groups is 1. The molecule has 2 aliphatic rings. The lowest BCUT2D eigenvalue weighted by Crippen LogP contribution is -2.37. The largest absolute Gasteiger partial charge is 0.446 e. The van der Waals surface area contributed by atoms with Crippen molar-refractivity contribution in [2.24, 2.45) is 5.14 Å². The summed E-state index contributed by atoms with van der Waals surface area (Å²) in [7, 11) is -4.09. The van der Waals surface area contributed by atoms with E-state index < -0.39 is 33.2 Å². The highest BCUT2D eigenvalue weighted by Gasteiger charge is 2.65. The Morgan fingerprint density at radius 2 is 1.81 bits per heavy atom. The Labute approximate surface area is 184 Å². The minimum atomic E-state index is -4.46. The van der Waals surface area contributed by atoms with Gasteiger partial charge in [0.2, 0.25) is 0 Å². The van der Waals surface area contributed by atoms with Gasteiger partial charge in [0.05, 0.1) is 24.1 Å². The van der Waals surface area contributed by atoms with Gasteiger partial charge in [-0.1, -0.05) is 0 Å². The van der Waals surface area contributed by atoms with E-state index in [0.717, 1.165) is 4.90 Å². The van der Waals surface area contributed by atoms with Crippen LogP contribution in [-0.4, -0.2) is 41.3 Å². The van der Waals surface area contributed by atoms with Crippen LogP contribution >= 0.6 is 11.8 Å². The molecule has 3 N–H and O–H groups in total. The normalized spacial score (nSPS) is 17.9. The van der Waals surface area contributed by atoms with Gasteiger partial charge in [-0.3, -0.25) is 14.5 Å². The van der Waals surface area contributed by atoms with Gasteiger partial charge in [0.15, 0.2) is 0 Å². The number of thioether (sulfide) groups is 1. The fourth-order valence-electron chi connectivity index (χ4n) is 3.54. The van der Waals surface area contributed by atoms with Gasteiger partial charge in [-0.05, 0) is 60.5 Å². The maximum absolute atomic E-state index is 13.2. The van der Waals surface area contributed by atoms with Crippen LogP contribution in [0.25, 0.3) is 0 Å². The minimum absolute atomic E-state index is 0.0676. The smallest absolute Gasteiger partial charge is 0.305 e. The first-order valence-corrected chi connectivity index (χ1v) is 11.5. The molecule has 1 saturated heterocycles. The number of amides is 3. The topological polar surface area (TPSA) is 126 Å². The lowest BCUT2D eigenvalue weighted by atomic mass is 10.1. The number of nitrogens with one attached hydrogen (secondary N) is 1. The summed E-state index contributed by atoms with van der Waals surface area (Å²) in [6.45, 7) is -0.0938. The fraction of sp³-hybridized carbons (Fsp3) is 0.278. The number of alkyl halides is 3. The van der Waals surface area contributed by atoms with E-state index in [1.165, 1.54) is 47.6 Å². The van der Waals surface area contributed by atoms with Crippen LogP contribution in [0.15, 0.2) is 47.6 Å². The van der Waals surface area contributed by atoms with Crippen LogP contribution in [0.5, 0.6) is 0 Å². The van der Waals surface area contributed by atoms with E-state index in [4.69, 9.17) is 5.14 Å². The molecule has 170 valence electrons. The van der Waals surface area contributed by atoms with Crippen molar-refractivity contribution in [2.75, 3.05) is 9.62 Å². The van der Waals surface area contributed by atoms with Gasteiger partial charge >= 0.3 is 11.5 Å². The monoisotopic (exact) mass is 487 g/mol. The minimum Gasteiger partial charge on any atom is -0.305 e. The van der Waals surface area contributed by atoms with Crippen LogP contribution < -0.4 is 14.8 Å². The molecule has 2 aromatic rings. The van der Waals surface area contributed by atoms with E-state index in [0.29, 0.717) is 18.4 Å². The predicted octanol–water partition coefficient (Wildman–Crippen LogP) is 2.81. The molecule has 0 unspecified atom stereocenters. The van der Waals surface area contributed by atoms with Crippen LogP contribution in [0.2, 0.25) is 0 Å². The third-order valence-corrected chi connectivity index (χ3v) is 6.33. The van der Waals surface area contributed by atoms with Crippen molar-refractivity contribution in [3.8, 4) is 0 Å². The molecule has 1 saturated carbocycles. The molecule has 1 spiro atoms. The molecule has 1 aliphatic carbocycles. The second-order valence-corrected chi connectivity index (χ2v) is 9.70. The molecule has 3 amide bonds. The molecule has 14 heteroatoms. The summed E-state index contributed by atoms with van der Waals surface area (Å²) in [5, 5.41) is 5.03.